The molecule has 0 fully saturated rings. The smallest absolute Gasteiger partial charge is 0.322 e. The van der Waals surface area contributed by atoms with Crippen molar-refractivity contribution in [2.75, 3.05) is 30.4 Å². The van der Waals surface area contributed by atoms with Gasteiger partial charge >= 0.3 is 6.01 Å². The summed E-state index contributed by atoms with van der Waals surface area (Å²) in [6.45, 7) is 6.43. The maximum Gasteiger partial charge on any atom is 0.322 e. The molecule has 0 saturated carbocycles. The van der Waals surface area contributed by atoms with E-state index in [0.717, 1.165) is 19.6 Å². The summed E-state index contributed by atoms with van der Waals surface area (Å²) < 4.78 is 5.15. The van der Waals surface area contributed by atoms with Crippen molar-refractivity contribution in [1.82, 2.24) is 15.0 Å². The molecule has 0 radical (unpaired) electrons. The van der Waals surface area contributed by atoms with Crippen LogP contribution < -0.4 is 15.0 Å². The zero-order chi connectivity index (χ0) is 14.4. The first kappa shape index (κ1) is 14.5. The summed E-state index contributed by atoms with van der Waals surface area (Å²) in [6.07, 6.45) is 0. The number of hydrogen-bond acceptors (Lipinski definition) is 7. The number of anilines is 2. The second kappa shape index (κ2) is 7.04. The number of nitrogens with zero attached hydrogens (tertiary/aromatic N) is 4. The molecule has 0 bridgehead atoms. The number of hydrogen-bond donors (Lipinski definition) is 1. The van der Waals surface area contributed by atoms with Gasteiger partial charge in [-0.2, -0.15) is 15.0 Å². The van der Waals surface area contributed by atoms with Crippen LogP contribution in [0.3, 0.4) is 0 Å². The van der Waals surface area contributed by atoms with Crippen LogP contribution in [0.15, 0.2) is 17.5 Å². The Morgan fingerprint density at radius 2 is 2.15 bits per heavy atom. The minimum atomic E-state index is 0.329. The van der Waals surface area contributed by atoms with Gasteiger partial charge in [-0.1, -0.05) is 6.07 Å². The molecule has 2 aromatic rings. The maximum atomic E-state index is 5.15. The first-order chi connectivity index (χ1) is 9.76. The number of rotatable bonds is 7. The Hall–Kier alpha value is -1.89. The van der Waals surface area contributed by atoms with Crippen LogP contribution in [0.25, 0.3) is 0 Å². The third kappa shape index (κ3) is 3.57. The van der Waals surface area contributed by atoms with Gasteiger partial charge in [0.2, 0.25) is 11.9 Å². The van der Waals surface area contributed by atoms with Gasteiger partial charge in [-0.15, -0.1) is 11.3 Å². The van der Waals surface area contributed by atoms with E-state index < -0.39 is 0 Å². The minimum absolute atomic E-state index is 0.329. The van der Waals surface area contributed by atoms with Crippen LogP contribution in [0.1, 0.15) is 18.7 Å². The molecule has 2 rings (SSSR count). The predicted octanol–water partition coefficient (Wildman–Crippen LogP) is 2.40. The van der Waals surface area contributed by atoms with Crippen LogP contribution in [-0.2, 0) is 6.54 Å². The first-order valence-electron chi connectivity index (χ1n) is 6.58. The lowest BCUT2D eigenvalue weighted by Crippen LogP contribution is -2.24. The zero-order valence-electron chi connectivity index (χ0n) is 12.0. The normalized spacial score (nSPS) is 10.3. The Kier molecular flexibility index (Phi) is 5.11. The van der Waals surface area contributed by atoms with Gasteiger partial charge in [0.25, 0.3) is 0 Å². The van der Waals surface area contributed by atoms with E-state index >= 15 is 0 Å². The highest BCUT2D eigenvalue weighted by Crippen LogP contribution is 2.19. The van der Waals surface area contributed by atoms with E-state index in [1.165, 1.54) is 4.88 Å². The van der Waals surface area contributed by atoms with Crippen LogP contribution in [-0.4, -0.2) is 35.2 Å². The van der Waals surface area contributed by atoms with Crippen LogP contribution in [0.2, 0.25) is 0 Å². The summed E-state index contributed by atoms with van der Waals surface area (Å²) in [5.41, 5.74) is 0. The summed E-state index contributed by atoms with van der Waals surface area (Å²) >= 11 is 1.73. The van der Waals surface area contributed by atoms with Gasteiger partial charge in [-0.25, -0.2) is 0 Å². The van der Waals surface area contributed by atoms with Crippen molar-refractivity contribution in [1.29, 1.82) is 0 Å². The van der Waals surface area contributed by atoms with E-state index in [0.29, 0.717) is 17.9 Å². The highest BCUT2D eigenvalue weighted by Gasteiger charge is 2.13. The highest BCUT2D eigenvalue weighted by molar-refractivity contribution is 7.09. The molecular weight excluding hydrogens is 274 g/mol. The van der Waals surface area contributed by atoms with Crippen molar-refractivity contribution in [3.05, 3.63) is 22.4 Å². The lowest BCUT2D eigenvalue weighted by molar-refractivity contribution is 0.378. The van der Waals surface area contributed by atoms with Crippen molar-refractivity contribution in [3.63, 3.8) is 0 Å². The summed E-state index contributed by atoms with van der Waals surface area (Å²) in [4.78, 5) is 16.3. The average molecular weight is 293 g/mol. The van der Waals surface area contributed by atoms with Crippen molar-refractivity contribution < 1.29 is 4.74 Å². The van der Waals surface area contributed by atoms with E-state index in [4.69, 9.17) is 4.74 Å². The van der Waals surface area contributed by atoms with E-state index in [-0.39, 0.29) is 0 Å². The molecule has 0 atom stereocenters. The Bertz CT molecular complexity index is 532. The largest absolute Gasteiger partial charge is 0.467 e. The molecule has 2 heterocycles. The monoisotopic (exact) mass is 293 g/mol. The first-order valence-corrected chi connectivity index (χ1v) is 7.46. The molecule has 20 heavy (non-hydrogen) atoms. The standard InChI is InChI=1S/C13H19N5OS/c1-4-14-11-15-12(17-13(16-11)19-3)18(5-2)9-10-7-6-8-20-10/h6-8H,4-5,9H2,1-3H3,(H,14,15,16,17). The van der Waals surface area contributed by atoms with Crippen LogP contribution >= 0.6 is 11.3 Å². The van der Waals surface area contributed by atoms with Gasteiger partial charge in [0.15, 0.2) is 0 Å². The second-order valence-corrected chi connectivity index (χ2v) is 5.10. The summed E-state index contributed by atoms with van der Waals surface area (Å²) in [5, 5.41) is 5.16. The van der Waals surface area contributed by atoms with Gasteiger partial charge in [0.1, 0.15) is 0 Å². The number of thiophene rings is 1. The second-order valence-electron chi connectivity index (χ2n) is 4.07. The highest BCUT2D eigenvalue weighted by atomic mass is 32.1. The maximum absolute atomic E-state index is 5.15. The van der Waals surface area contributed by atoms with Gasteiger partial charge in [0.05, 0.1) is 13.7 Å². The van der Waals surface area contributed by atoms with Crippen LogP contribution in [0, 0.1) is 0 Å². The van der Waals surface area contributed by atoms with Crippen molar-refractivity contribution >= 4 is 23.2 Å². The quantitative estimate of drug-likeness (QED) is 0.845. The van der Waals surface area contributed by atoms with Crippen molar-refractivity contribution in [2.45, 2.75) is 20.4 Å². The molecular formula is C13H19N5OS. The van der Waals surface area contributed by atoms with Crippen LogP contribution in [0.5, 0.6) is 6.01 Å². The SMILES string of the molecule is CCNc1nc(OC)nc(N(CC)Cc2cccs2)n1. The van der Waals surface area contributed by atoms with Gasteiger partial charge in [-0.3, -0.25) is 0 Å². The molecule has 0 spiro atoms. The van der Waals surface area contributed by atoms with E-state index in [1.807, 2.05) is 13.0 Å². The number of methoxy groups -OCH3 is 1. The third-order valence-electron chi connectivity index (χ3n) is 2.71. The average Bonchev–Trinajstić information content (AvgIpc) is 2.97. The fourth-order valence-corrected chi connectivity index (χ4v) is 2.45. The lowest BCUT2D eigenvalue weighted by Gasteiger charge is -2.20. The zero-order valence-corrected chi connectivity index (χ0v) is 12.8. The number of aromatic nitrogens is 3. The molecule has 0 aliphatic rings. The minimum Gasteiger partial charge on any atom is -0.467 e. The van der Waals surface area contributed by atoms with E-state index in [2.05, 4.69) is 43.5 Å². The number of ether oxygens (including phenoxy) is 1. The Labute approximate surface area is 122 Å². The molecule has 2 aromatic heterocycles. The molecule has 0 saturated heterocycles. The van der Waals surface area contributed by atoms with Crippen molar-refractivity contribution in [2.24, 2.45) is 0 Å². The van der Waals surface area contributed by atoms with Gasteiger partial charge in [0, 0.05) is 18.0 Å². The predicted molar refractivity (Wildman–Crippen MR) is 81.6 cm³/mol. The topological polar surface area (TPSA) is 63.2 Å². The molecule has 0 aromatic carbocycles. The molecule has 7 heteroatoms. The van der Waals surface area contributed by atoms with Gasteiger partial charge < -0.3 is 15.0 Å². The van der Waals surface area contributed by atoms with Crippen LogP contribution in [0.4, 0.5) is 11.9 Å². The third-order valence-corrected chi connectivity index (χ3v) is 3.57. The summed E-state index contributed by atoms with van der Waals surface area (Å²) in [6, 6.07) is 4.48. The molecule has 0 amide bonds. The fraction of sp³-hybridized carbons (Fsp3) is 0.462. The molecule has 6 nitrogen and oxygen atoms in total. The van der Waals surface area contributed by atoms with Gasteiger partial charge in [-0.05, 0) is 25.3 Å². The Balaban J connectivity index is 2.25. The summed E-state index contributed by atoms with van der Waals surface area (Å²) in [7, 11) is 1.56. The lowest BCUT2D eigenvalue weighted by atomic mass is 10.4. The summed E-state index contributed by atoms with van der Waals surface area (Å²) in [5.74, 6) is 1.17. The number of nitrogens with one attached hydrogen (secondary N) is 1. The molecule has 0 unspecified atom stereocenters. The molecule has 1 N–H and O–H groups in total. The fourth-order valence-electron chi connectivity index (χ4n) is 1.73. The van der Waals surface area contributed by atoms with Crippen molar-refractivity contribution in [3.8, 4) is 6.01 Å². The molecule has 0 aliphatic carbocycles. The Morgan fingerprint density at radius 1 is 1.30 bits per heavy atom. The Morgan fingerprint density at radius 3 is 2.75 bits per heavy atom. The van der Waals surface area contributed by atoms with E-state index in [9.17, 15) is 0 Å². The molecule has 108 valence electrons. The molecule has 0 aliphatic heterocycles. The van der Waals surface area contributed by atoms with E-state index in [1.54, 1.807) is 18.4 Å².